The fourth-order valence-electron chi connectivity index (χ4n) is 2.94. The molecule has 0 spiro atoms. The van der Waals surface area contributed by atoms with Gasteiger partial charge in [0.25, 0.3) is 0 Å². The number of amides is 1. The molecule has 1 amide bonds. The van der Waals surface area contributed by atoms with Gasteiger partial charge in [0, 0.05) is 11.6 Å². The molecule has 0 saturated carbocycles. The van der Waals surface area contributed by atoms with Crippen LogP contribution in [0.1, 0.15) is 46.5 Å². The molecule has 1 fully saturated rings. The largest absolute Gasteiger partial charge is 0.508 e. The summed E-state index contributed by atoms with van der Waals surface area (Å²) < 4.78 is 5.49. The second-order valence-electron chi connectivity index (χ2n) is 6.32. The molecule has 0 unspecified atom stereocenters. The minimum absolute atomic E-state index is 0.0705. The van der Waals surface area contributed by atoms with Crippen molar-refractivity contribution in [3.05, 3.63) is 24.0 Å². The van der Waals surface area contributed by atoms with E-state index in [4.69, 9.17) is 4.74 Å². The van der Waals surface area contributed by atoms with Crippen LogP contribution >= 0.6 is 0 Å². The third-order valence-corrected chi connectivity index (χ3v) is 3.66. The summed E-state index contributed by atoms with van der Waals surface area (Å²) in [5, 5.41) is 9.71. The van der Waals surface area contributed by atoms with Crippen molar-refractivity contribution in [2.45, 2.75) is 64.1 Å². The van der Waals surface area contributed by atoms with Crippen molar-refractivity contribution in [3.8, 4) is 0 Å². The molecule has 2 heterocycles. The molecular weight excluding hydrogens is 242 g/mol. The van der Waals surface area contributed by atoms with Crippen molar-refractivity contribution >= 4 is 6.09 Å². The molecule has 4 nitrogen and oxygen atoms in total. The van der Waals surface area contributed by atoms with Crippen LogP contribution in [-0.2, 0) is 4.74 Å². The summed E-state index contributed by atoms with van der Waals surface area (Å²) in [6, 6.07) is 0.132. The third kappa shape index (κ3) is 2.94. The molecule has 1 saturated heterocycles. The zero-order valence-corrected chi connectivity index (χ0v) is 12.0. The molecular formula is C15H23NO3. The van der Waals surface area contributed by atoms with Gasteiger partial charge >= 0.3 is 6.09 Å². The van der Waals surface area contributed by atoms with Crippen molar-refractivity contribution in [3.63, 3.8) is 0 Å². The SMILES string of the molecule is C=C(O)C1=CCC[C@@H]2CC[C@H]1N2C(=O)OC(C)(C)C. The Labute approximate surface area is 114 Å². The Hall–Kier alpha value is -1.45. The van der Waals surface area contributed by atoms with Gasteiger partial charge in [0.1, 0.15) is 11.4 Å². The quantitative estimate of drug-likeness (QED) is 0.738. The van der Waals surface area contributed by atoms with Crippen molar-refractivity contribution in [2.75, 3.05) is 0 Å². The molecule has 2 bridgehead atoms. The van der Waals surface area contributed by atoms with Crippen molar-refractivity contribution in [1.82, 2.24) is 4.90 Å². The van der Waals surface area contributed by atoms with Crippen LogP contribution in [0.3, 0.4) is 0 Å². The average molecular weight is 265 g/mol. The number of rotatable bonds is 1. The summed E-state index contributed by atoms with van der Waals surface area (Å²) in [4.78, 5) is 14.2. The van der Waals surface area contributed by atoms with Crippen LogP contribution in [0.15, 0.2) is 24.0 Å². The molecule has 0 aliphatic carbocycles. The second kappa shape index (κ2) is 4.91. The van der Waals surface area contributed by atoms with Gasteiger partial charge in [0.15, 0.2) is 0 Å². The smallest absolute Gasteiger partial charge is 0.411 e. The average Bonchev–Trinajstić information content (AvgIpc) is 2.51. The van der Waals surface area contributed by atoms with E-state index < -0.39 is 5.60 Å². The number of ether oxygens (including phenoxy) is 1. The van der Waals surface area contributed by atoms with Crippen LogP contribution in [0.25, 0.3) is 0 Å². The molecule has 0 aromatic carbocycles. The lowest BCUT2D eigenvalue weighted by atomic mass is 9.99. The maximum atomic E-state index is 12.4. The monoisotopic (exact) mass is 265 g/mol. The predicted molar refractivity (Wildman–Crippen MR) is 74.0 cm³/mol. The van der Waals surface area contributed by atoms with E-state index >= 15 is 0 Å². The molecule has 1 N–H and O–H groups in total. The molecule has 0 aromatic rings. The van der Waals surface area contributed by atoms with Crippen LogP contribution in [-0.4, -0.2) is 33.8 Å². The predicted octanol–water partition coefficient (Wildman–Crippen LogP) is 3.55. The molecule has 0 radical (unpaired) electrons. The van der Waals surface area contributed by atoms with Crippen LogP contribution in [0.4, 0.5) is 4.79 Å². The number of hydrogen-bond acceptors (Lipinski definition) is 3. The van der Waals surface area contributed by atoms with Gasteiger partial charge < -0.3 is 9.84 Å². The van der Waals surface area contributed by atoms with Gasteiger partial charge in [-0.15, -0.1) is 0 Å². The molecule has 106 valence electrons. The summed E-state index contributed by atoms with van der Waals surface area (Å²) in [7, 11) is 0. The van der Waals surface area contributed by atoms with Crippen LogP contribution in [0.2, 0.25) is 0 Å². The first-order valence-corrected chi connectivity index (χ1v) is 6.89. The van der Waals surface area contributed by atoms with E-state index in [1.54, 1.807) is 4.90 Å². The molecule has 2 rings (SSSR count). The van der Waals surface area contributed by atoms with Gasteiger partial charge in [-0.1, -0.05) is 12.7 Å². The number of nitrogens with zero attached hydrogens (tertiary/aromatic N) is 1. The lowest BCUT2D eigenvalue weighted by Gasteiger charge is -2.32. The Kier molecular flexibility index (Phi) is 3.61. The Morgan fingerprint density at radius 3 is 2.68 bits per heavy atom. The van der Waals surface area contributed by atoms with Gasteiger partial charge in [0.05, 0.1) is 6.04 Å². The summed E-state index contributed by atoms with van der Waals surface area (Å²) in [6.45, 7) is 9.22. The van der Waals surface area contributed by atoms with E-state index in [0.29, 0.717) is 0 Å². The first-order valence-electron chi connectivity index (χ1n) is 6.89. The lowest BCUT2D eigenvalue weighted by molar-refractivity contribution is 0.0172. The van der Waals surface area contributed by atoms with Crippen molar-refractivity contribution < 1.29 is 14.6 Å². The van der Waals surface area contributed by atoms with Crippen molar-refractivity contribution in [2.24, 2.45) is 0 Å². The number of hydrogen-bond donors (Lipinski definition) is 1. The van der Waals surface area contributed by atoms with E-state index in [2.05, 4.69) is 6.58 Å². The summed E-state index contributed by atoms with van der Waals surface area (Å²) in [6.07, 6.45) is 5.35. The minimum Gasteiger partial charge on any atom is -0.508 e. The van der Waals surface area contributed by atoms with Crippen LogP contribution in [0.5, 0.6) is 0 Å². The van der Waals surface area contributed by atoms with Crippen LogP contribution in [0, 0.1) is 0 Å². The van der Waals surface area contributed by atoms with E-state index in [1.165, 1.54) is 0 Å². The van der Waals surface area contributed by atoms with Gasteiger partial charge in [-0.3, -0.25) is 4.90 Å². The minimum atomic E-state index is -0.497. The maximum absolute atomic E-state index is 12.4. The number of fused-ring (bicyclic) bond motifs is 2. The zero-order valence-electron chi connectivity index (χ0n) is 12.0. The molecule has 2 aliphatic heterocycles. The Morgan fingerprint density at radius 2 is 2.11 bits per heavy atom. The number of allylic oxidation sites excluding steroid dienone is 1. The van der Waals surface area contributed by atoms with E-state index in [-0.39, 0.29) is 23.9 Å². The highest BCUT2D eigenvalue weighted by Crippen LogP contribution is 2.37. The van der Waals surface area contributed by atoms with E-state index in [9.17, 15) is 9.90 Å². The number of aliphatic hydroxyl groups is 1. The number of carbonyl (C=O) groups excluding carboxylic acids is 1. The third-order valence-electron chi connectivity index (χ3n) is 3.66. The molecule has 0 aromatic heterocycles. The Morgan fingerprint density at radius 1 is 1.42 bits per heavy atom. The number of carbonyl (C=O) groups is 1. The second-order valence-corrected chi connectivity index (χ2v) is 6.32. The fourth-order valence-corrected chi connectivity index (χ4v) is 2.94. The first kappa shape index (κ1) is 14.0. The van der Waals surface area contributed by atoms with Gasteiger partial charge in [-0.25, -0.2) is 4.79 Å². The lowest BCUT2D eigenvalue weighted by Crippen LogP contribution is -2.44. The molecule has 2 aliphatic rings. The Bertz CT molecular complexity index is 420. The van der Waals surface area contributed by atoms with Gasteiger partial charge in [0.2, 0.25) is 0 Å². The maximum Gasteiger partial charge on any atom is 0.411 e. The molecule has 19 heavy (non-hydrogen) atoms. The Balaban J connectivity index is 2.23. The highest BCUT2D eigenvalue weighted by Gasteiger charge is 2.42. The zero-order chi connectivity index (χ0) is 14.2. The van der Waals surface area contributed by atoms with Crippen LogP contribution < -0.4 is 0 Å². The highest BCUT2D eigenvalue weighted by molar-refractivity contribution is 5.70. The first-order chi connectivity index (χ1) is 8.79. The van der Waals surface area contributed by atoms with E-state index in [1.807, 2.05) is 26.8 Å². The summed E-state index contributed by atoms with van der Waals surface area (Å²) in [5.41, 5.74) is 0.286. The number of aliphatic hydroxyl groups excluding tert-OH is 1. The van der Waals surface area contributed by atoms with E-state index in [0.717, 1.165) is 31.3 Å². The standard InChI is InChI=1S/C15H23NO3/c1-10(17)12-7-5-6-11-8-9-13(12)16(11)14(18)19-15(2,3)4/h7,11,13,17H,1,5-6,8-9H2,2-4H3/t11-,13-/m1/s1. The molecule has 4 heteroatoms. The van der Waals surface area contributed by atoms with Gasteiger partial charge in [-0.2, -0.15) is 0 Å². The topological polar surface area (TPSA) is 49.8 Å². The highest BCUT2D eigenvalue weighted by atomic mass is 16.6. The van der Waals surface area contributed by atoms with Crippen molar-refractivity contribution in [1.29, 1.82) is 0 Å². The summed E-state index contributed by atoms with van der Waals surface area (Å²) >= 11 is 0. The molecule has 2 atom stereocenters. The summed E-state index contributed by atoms with van der Waals surface area (Å²) in [5.74, 6) is 0.0705. The fraction of sp³-hybridized carbons (Fsp3) is 0.667. The van der Waals surface area contributed by atoms with Gasteiger partial charge in [-0.05, 0) is 46.5 Å². The normalized spacial score (nSPS) is 26.7.